The maximum absolute atomic E-state index is 12.4. The largest absolute Gasteiger partial charge is 0.369 e. The zero-order chi connectivity index (χ0) is 16.5. The van der Waals surface area contributed by atoms with Crippen LogP contribution in [0.5, 0.6) is 0 Å². The monoisotopic (exact) mass is 391 g/mol. The molecule has 2 aliphatic rings. The fourth-order valence-electron chi connectivity index (χ4n) is 2.75. The van der Waals surface area contributed by atoms with Gasteiger partial charge in [-0.3, -0.25) is 14.9 Å². The molecule has 1 aliphatic carbocycles. The summed E-state index contributed by atoms with van der Waals surface area (Å²) in [5.41, 5.74) is 2.88. The SMILES string of the molecule is O=C(Nc1ccc(C2CNCCO2)nc1)c1n[nH]c(C2CC2)c1Br. The van der Waals surface area contributed by atoms with Crippen molar-refractivity contribution < 1.29 is 9.53 Å². The number of hydrogen-bond donors (Lipinski definition) is 3. The number of anilines is 1. The van der Waals surface area contributed by atoms with Gasteiger partial charge in [-0.1, -0.05) is 0 Å². The molecule has 1 atom stereocenters. The molecule has 7 nitrogen and oxygen atoms in total. The molecule has 3 N–H and O–H groups in total. The van der Waals surface area contributed by atoms with Gasteiger partial charge in [0.15, 0.2) is 5.69 Å². The van der Waals surface area contributed by atoms with Crippen LogP contribution in [0.25, 0.3) is 0 Å². The number of morpholine rings is 1. The number of H-pyrrole nitrogens is 1. The number of ether oxygens (including phenoxy) is 1. The van der Waals surface area contributed by atoms with E-state index in [2.05, 4.69) is 41.7 Å². The Morgan fingerprint density at radius 2 is 2.25 bits per heavy atom. The Kier molecular flexibility index (Phi) is 4.34. The van der Waals surface area contributed by atoms with Gasteiger partial charge in [0.2, 0.25) is 0 Å². The van der Waals surface area contributed by atoms with Crippen LogP contribution in [0.15, 0.2) is 22.8 Å². The third kappa shape index (κ3) is 3.22. The molecular formula is C16H18BrN5O2. The number of carbonyl (C=O) groups excluding carboxylic acids is 1. The number of halogens is 1. The molecule has 8 heteroatoms. The second-order valence-corrected chi connectivity index (χ2v) is 6.86. The van der Waals surface area contributed by atoms with Crippen LogP contribution in [-0.4, -0.2) is 40.8 Å². The average Bonchev–Trinajstić information content (AvgIpc) is 3.38. The van der Waals surface area contributed by atoms with Crippen LogP contribution >= 0.6 is 15.9 Å². The molecular weight excluding hydrogens is 374 g/mol. The van der Waals surface area contributed by atoms with Gasteiger partial charge in [-0.2, -0.15) is 5.10 Å². The minimum Gasteiger partial charge on any atom is -0.369 e. The molecule has 24 heavy (non-hydrogen) atoms. The van der Waals surface area contributed by atoms with E-state index < -0.39 is 0 Å². The molecule has 0 spiro atoms. The molecule has 1 aliphatic heterocycles. The van der Waals surface area contributed by atoms with Crippen LogP contribution in [0, 0.1) is 0 Å². The number of rotatable bonds is 4. The van der Waals surface area contributed by atoms with Gasteiger partial charge in [-0.15, -0.1) is 0 Å². The predicted molar refractivity (Wildman–Crippen MR) is 92.0 cm³/mol. The molecule has 2 aromatic heterocycles. The number of pyridine rings is 1. The van der Waals surface area contributed by atoms with Gasteiger partial charge in [0.05, 0.1) is 34.4 Å². The first-order chi connectivity index (χ1) is 11.7. The second kappa shape index (κ2) is 6.62. The Balaban J connectivity index is 1.43. The lowest BCUT2D eigenvalue weighted by molar-refractivity contribution is 0.0250. The van der Waals surface area contributed by atoms with Crippen LogP contribution in [0.3, 0.4) is 0 Å². The molecule has 0 bridgehead atoms. The van der Waals surface area contributed by atoms with Gasteiger partial charge in [0.25, 0.3) is 5.91 Å². The average molecular weight is 392 g/mol. The lowest BCUT2D eigenvalue weighted by Crippen LogP contribution is -2.33. The van der Waals surface area contributed by atoms with Crippen molar-refractivity contribution >= 4 is 27.5 Å². The van der Waals surface area contributed by atoms with Gasteiger partial charge >= 0.3 is 0 Å². The normalized spacial score (nSPS) is 20.8. The smallest absolute Gasteiger partial charge is 0.277 e. The van der Waals surface area contributed by atoms with Crippen molar-refractivity contribution in [2.24, 2.45) is 0 Å². The topological polar surface area (TPSA) is 91.9 Å². The van der Waals surface area contributed by atoms with Gasteiger partial charge in [0.1, 0.15) is 6.10 Å². The highest BCUT2D eigenvalue weighted by Gasteiger charge is 2.30. The minimum absolute atomic E-state index is 0.0370. The van der Waals surface area contributed by atoms with Crippen molar-refractivity contribution in [3.63, 3.8) is 0 Å². The highest BCUT2D eigenvalue weighted by atomic mass is 79.9. The van der Waals surface area contributed by atoms with Crippen LogP contribution in [0.4, 0.5) is 5.69 Å². The first-order valence-corrected chi connectivity index (χ1v) is 8.85. The van der Waals surface area contributed by atoms with Crippen molar-refractivity contribution in [3.05, 3.63) is 39.9 Å². The maximum atomic E-state index is 12.4. The molecule has 1 amide bonds. The summed E-state index contributed by atoms with van der Waals surface area (Å²) >= 11 is 3.48. The summed E-state index contributed by atoms with van der Waals surface area (Å²) < 4.78 is 6.43. The minimum atomic E-state index is -0.254. The Morgan fingerprint density at radius 1 is 1.38 bits per heavy atom. The standard InChI is InChI=1S/C16H18BrN5O2/c17-13-14(9-1-2-9)21-22-15(13)16(23)20-10-3-4-11(19-7-10)12-8-18-5-6-24-12/h3-4,7,9,12,18H,1-2,5-6,8H2,(H,20,23)(H,21,22). The summed E-state index contributed by atoms with van der Waals surface area (Å²) in [6, 6.07) is 3.71. The number of nitrogens with one attached hydrogen (secondary N) is 3. The van der Waals surface area contributed by atoms with E-state index in [0.717, 1.165) is 41.8 Å². The van der Waals surface area contributed by atoms with E-state index in [1.807, 2.05) is 12.1 Å². The number of aromatic amines is 1. The molecule has 1 saturated carbocycles. The summed E-state index contributed by atoms with van der Waals surface area (Å²) in [5, 5.41) is 13.2. The molecule has 0 aromatic carbocycles. The Morgan fingerprint density at radius 3 is 2.92 bits per heavy atom. The Hall–Kier alpha value is -1.77. The van der Waals surface area contributed by atoms with Crippen LogP contribution in [0.2, 0.25) is 0 Å². The van der Waals surface area contributed by atoms with Crippen molar-refractivity contribution in [3.8, 4) is 0 Å². The number of aromatic nitrogens is 3. The fourth-order valence-corrected chi connectivity index (χ4v) is 3.43. The molecule has 2 fully saturated rings. The van der Waals surface area contributed by atoms with E-state index in [4.69, 9.17) is 4.74 Å². The number of hydrogen-bond acceptors (Lipinski definition) is 5. The van der Waals surface area contributed by atoms with Gasteiger partial charge in [-0.25, -0.2) is 0 Å². The van der Waals surface area contributed by atoms with E-state index in [1.165, 1.54) is 0 Å². The van der Waals surface area contributed by atoms with Gasteiger partial charge in [0, 0.05) is 19.0 Å². The summed E-state index contributed by atoms with van der Waals surface area (Å²) in [4.78, 5) is 16.8. The van der Waals surface area contributed by atoms with Crippen LogP contribution < -0.4 is 10.6 Å². The van der Waals surface area contributed by atoms with E-state index >= 15 is 0 Å². The number of carbonyl (C=O) groups is 1. The van der Waals surface area contributed by atoms with Crippen LogP contribution in [0.1, 0.15) is 46.7 Å². The number of amides is 1. The summed E-state index contributed by atoms with van der Waals surface area (Å²) in [7, 11) is 0. The maximum Gasteiger partial charge on any atom is 0.277 e. The molecule has 1 unspecified atom stereocenters. The Bertz CT molecular complexity index is 735. The highest BCUT2D eigenvalue weighted by molar-refractivity contribution is 9.10. The number of nitrogens with zero attached hydrogens (tertiary/aromatic N) is 2. The first kappa shape index (κ1) is 15.7. The van der Waals surface area contributed by atoms with Gasteiger partial charge in [-0.05, 0) is 40.9 Å². The molecule has 3 heterocycles. The van der Waals surface area contributed by atoms with Crippen LogP contribution in [-0.2, 0) is 4.74 Å². The second-order valence-electron chi connectivity index (χ2n) is 6.06. The van der Waals surface area contributed by atoms with Crippen molar-refractivity contribution in [1.29, 1.82) is 0 Å². The van der Waals surface area contributed by atoms with E-state index in [-0.39, 0.29) is 12.0 Å². The lowest BCUT2D eigenvalue weighted by atomic mass is 10.2. The fraction of sp³-hybridized carbons (Fsp3) is 0.438. The molecule has 126 valence electrons. The summed E-state index contributed by atoms with van der Waals surface area (Å²) in [5.74, 6) is 0.244. The van der Waals surface area contributed by atoms with Crippen molar-refractivity contribution in [1.82, 2.24) is 20.5 Å². The summed E-state index contributed by atoms with van der Waals surface area (Å²) in [6.07, 6.45) is 3.90. The van der Waals surface area contributed by atoms with Gasteiger partial charge < -0.3 is 15.4 Å². The zero-order valence-corrected chi connectivity index (χ0v) is 14.6. The van der Waals surface area contributed by atoms with Crippen molar-refractivity contribution in [2.75, 3.05) is 25.0 Å². The third-order valence-electron chi connectivity index (χ3n) is 4.23. The van der Waals surface area contributed by atoms with E-state index in [0.29, 0.717) is 23.9 Å². The molecule has 4 rings (SSSR count). The predicted octanol–water partition coefficient (Wildman–Crippen LogP) is 2.36. The van der Waals surface area contributed by atoms with E-state index in [1.54, 1.807) is 6.20 Å². The molecule has 0 radical (unpaired) electrons. The third-order valence-corrected chi connectivity index (χ3v) is 5.04. The zero-order valence-electron chi connectivity index (χ0n) is 13.0. The molecule has 1 saturated heterocycles. The van der Waals surface area contributed by atoms with E-state index in [9.17, 15) is 4.79 Å². The lowest BCUT2D eigenvalue weighted by Gasteiger charge is -2.23. The Labute approximate surface area is 147 Å². The molecule has 2 aromatic rings. The quantitative estimate of drug-likeness (QED) is 0.743. The first-order valence-electron chi connectivity index (χ1n) is 8.06. The van der Waals surface area contributed by atoms with Crippen molar-refractivity contribution in [2.45, 2.75) is 24.9 Å². The summed E-state index contributed by atoms with van der Waals surface area (Å²) in [6.45, 7) is 2.30. The highest BCUT2D eigenvalue weighted by Crippen LogP contribution is 2.42.